The van der Waals surface area contributed by atoms with Crippen molar-refractivity contribution >= 4 is 63.7 Å². The van der Waals surface area contributed by atoms with Crippen LogP contribution in [0.25, 0.3) is 26.6 Å². The summed E-state index contributed by atoms with van der Waals surface area (Å²) in [6, 6.07) is 17.6. The Morgan fingerprint density at radius 1 is 0.941 bits per heavy atom. The van der Waals surface area contributed by atoms with E-state index >= 15 is 0 Å². The highest BCUT2D eigenvalue weighted by Gasteiger charge is 2.45. The zero-order valence-electron chi connectivity index (χ0n) is 39.0. The number of thiazole rings is 1. The second-order valence-corrected chi connectivity index (χ2v) is 20.9. The lowest BCUT2D eigenvalue weighted by Gasteiger charge is -2.35. The number of aliphatic hydroxyl groups excluding tert-OH is 1. The van der Waals surface area contributed by atoms with Crippen LogP contribution in [0.4, 0.5) is 0 Å². The summed E-state index contributed by atoms with van der Waals surface area (Å²) in [6.45, 7) is 14.7. The molecular formula is C50H53ClN8O7S2. The second kappa shape index (κ2) is 19.4. The molecule has 0 aliphatic carbocycles. The van der Waals surface area contributed by atoms with Crippen LogP contribution in [0.5, 0.6) is 5.75 Å². The van der Waals surface area contributed by atoms with Gasteiger partial charge in [-0.3, -0.25) is 28.7 Å². The Kier molecular flexibility index (Phi) is 13.7. The van der Waals surface area contributed by atoms with Gasteiger partial charge in [0.25, 0.3) is 5.91 Å². The molecule has 0 spiro atoms. The minimum absolute atomic E-state index is 0.0536. The van der Waals surface area contributed by atoms with E-state index in [4.69, 9.17) is 21.3 Å². The largest absolute Gasteiger partial charge is 0.484 e. The molecule has 3 aromatic carbocycles. The lowest BCUT2D eigenvalue weighted by atomic mass is 9.85. The number of aliphatic carboxylic acids is 1. The summed E-state index contributed by atoms with van der Waals surface area (Å²) in [5, 5.41) is 36.3. The van der Waals surface area contributed by atoms with E-state index in [2.05, 4.69) is 25.8 Å². The summed E-state index contributed by atoms with van der Waals surface area (Å²) in [7, 11) is 0. The maximum atomic E-state index is 14.2. The lowest BCUT2D eigenvalue weighted by Crippen LogP contribution is -2.58. The number of aliphatic imine (C=N–C) groups is 1. The van der Waals surface area contributed by atoms with Crippen LogP contribution in [-0.4, -0.2) is 95.6 Å². The average molecular weight is 978 g/mol. The van der Waals surface area contributed by atoms with Gasteiger partial charge >= 0.3 is 5.97 Å². The Hall–Kier alpha value is -6.27. The molecule has 0 bridgehead atoms. The molecule has 1 saturated heterocycles. The predicted octanol–water partition coefficient (Wildman–Crippen LogP) is 8.12. The number of carboxylic acid groups (broad SMARTS) is 1. The van der Waals surface area contributed by atoms with Crippen LogP contribution >= 0.6 is 34.3 Å². The number of carbonyl (C=O) groups excluding carboxylic acids is 3. The maximum absolute atomic E-state index is 14.2. The number of ether oxygens (including phenoxy) is 1. The number of thiophene rings is 1. The number of carbonyl (C=O) groups is 4. The third-order valence-corrected chi connectivity index (χ3v) is 14.9. The van der Waals surface area contributed by atoms with Crippen LogP contribution in [0, 0.1) is 33.1 Å². The molecule has 0 radical (unpaired) electrons. The van der Waals surface area contributed by atoms with Gasteiger partial charge in [0.2, 0.25) is 11.8 Å². The number of hydrogen-bond donors (Lipinski definition) is 4. The van der Waals surface area contributed by atoms with Gasteiger partial charge in [0.15, 0.2) is 12.4 Å². The number of likely N-dealkylation sites (tertiary alicyclic amines) is 1. The van der Waals surface area contributed by atoms with E-state index in [1.54, 1.807) is 40.9 Å². The first-order chi connectivity index (χ1) is 32.3. The number of hydrogen-bond acceptors (Lipinski definition) is 12. The van der Waals surface area contributed by atoms with Gasteiger partial charge in [0.05, 0.1) is 45.4 Å². The summed E-state index contributed by atoms with van der Waals surface area (Å²) in [5.41, 5.74) is 8.86. The number of rotatable bonds is 13. The first-order valence-electron chi connectivity index (χ1n) is 22.2. The van der Waals surface area contributed by atoms with Crippen LogP contribution in [0.15, 0.2) is 77.2 Å². The number of aromatic nitrogens is 4. The van der Waals surface area contributed by atoms with E-state index in [1.807, 2.05) is 114 Å². The van der Waals surface area contributed by atoms with Crippen LogP contribution in [-0.2, 0) is 19.2 Å². The van der Waals surface area contributed by atoms with Crippen LogP contribution in [0.3, 0.4) is 0 Å². The SMILES string of the molecule is Cc1ncsc1-c1ccc([C@H](C)NC(=O)[C@@H]2C[C@@H](O)CN2C(=O)[C@@H](NC(=O)COc2ccc(-c3ccc(C4=N[C@@H](CC(=O)O)c5nnc(C)n5-c5sc(C)c(C)c54)cc3)c(Cl)c2)C(C)(C)C)cc1. The molecule has 3 aromatic heterocycles. The van der Waals surface area contributed by atoms with Gasteiger partial charge in [0.1, 0.15) is 34.7 Å². The van der Waals surface area contributed by atoms with Gasteiger partial charge in [-0.1, -0.05) is 80.9 Å². The monoisotopic (exact) mass is 976 g/mol. The fourth-order valence-corrected chi connectivity index (χ4v) is 11.0. The first-order valence-corrected chi connectivity index (χ1v) is 24.3. The Labute approximate surface area is 407 Å². The normalized spacial score (nSPS) is 17.6. The summed E-state index contributed by atoms with van der Waals surface area (Å²) in [4.78, 5) is 66.3. The topological polar surface area (TPSA) is 201 Å². The van der Waals surface area contributed by atoms with E-state index in [0.29, 0.717) is 33.7 Å². The Morgan fingerprint density at radius 2 is 1.63 bits per heavy atom. The molecule has 4 N–H and O–H groups in total. The number of benzene rings is 3. The molecule has 8 rings (SSSR count). The number of amides is 3. The number of nitrogens with zero attached hydrogens (tertiary/aromatic N) is 6. The molecule has 6 aromatic rings. The molecule has 0 saturated carbocycles. The van der Waals surface area contributed by atoms with Crippen molar-refractivity contribution in [2.45, 2.75) is 98.5 Å². The highest BCUT2D eigenvalue weighted by atomic mass is 35.5. The van der Waals surface area contributed by atoms with Gasteiger partial charge < -0.3 is 30.5 Å². The van der Waals surface area contributed by atoms with E-state index in [0.717, 1.165) is 53.8 Å². The Balaban J connectivity index is 0.917. The fourth-order valence-electron chi connectivity index (χ4n) is 8.68. The predicted molar refractivity (Wildman–Crippen MR) is 263 cm³/mol. The summed E-state index contributed by atoms with van der Waals surface area (Å²) in [5.74, 6) is -0.954. The number of β-amino-alcohol motifs (C(OH)–C–C–N with tert-alkyl or cyclic N) is 1. The molecule has 0 unspecified atom stereocenters. The molecular weight excluding hydrogens is 924 g/mol. The highest BCUT2D eigenvalue weighted by molar-refractivity contribution is 7.15. The maximum Gasteiger partial charge on any atom is 0.306 e. The lowest BCUT2D eigenvalue weighted by molar-refractivity contribution is -0.144. The molecule has 5 heterocycles. The Morgan fingerprint density at radius 3 is 2.28 bits per heavy atom. The standard InChI is InChI=1S/C50H53ClN8O7S2/c1-25-28(4)68-49-42(25)43(54-38(21-41(62)63)46-57-56-29(5)59(46)49)32-13-11-31(12-14-32)36-18-17-35(20-37(36)51)66-23-40(61)55-45(50(6,7)8)48(65)58-22-34(60)19-39(58)47(64)53-26(2)30-9-15-33(16-10-30)44-27(3)52-24-67-44/h9-18,20,24,26,34,38-39,45,60H,19,21-23H2,1-8H3,(H,53,64)(H,55,61)(H,62,63)/t26-,34+,38-,39-,45+/m0/s1. The zero-order valence-corrected chi connectivity index (χ0v) is 41.3. The van der Waals surface area contributed by atoms with Crippen molar-refractivity contribution < 1.29 is 34.1 Å². The number of aryl methyl sites for hydroxylation is 3. The van der Waals surface area contributed by atoms with E-state index in [9.17, 15) is 29.4 Å². The molecule has 1 fully saturated rings. The van der Waals surface area contributed by atoms with Gasteiger partial charge in [-0.15, -0.1) is 32.9 Å². The van der Waals surface area contributed by atoms with Crippen LogP contribution < -0.4 is 15.4 Å². The number of carboxylic acids is 1. The van der Waals surface area contributed by atoms with Gasteiger partial charge in [0, 0.05) is 34.5 Å². The molecule has 68 heavy (non-hydrogen) atoms. The summed E-state index contributed by atoms with van der Waals surface area (Å²) in [6.07, 6.45) is -1.10. The molecule has 354 valence electrons. The smallest absolute Gasteiger partial charge is 0.306 e. The van der Waals surface area contributed by atoms with E-state index in [1.165, 1.54) is 4.90 Å². The van der Waals surface area contributed by atoms with E-state index in [-0.39, 0.29) is 25.4 Å². The van der Waals surface area contributed by atoms with Crippen molar-refractivity contribution in [2.75, 3.05) is 13.2 Å². The quantitative estimate of drug-likeness (QED) is 0.0876. The number of aliphatic hydroxyl groups is 1. The average Bonchev–Trinajstić information content (AvgIpc) is 4.06. The molecule has 5 atom stereocenters. The fraction of sp³-hybridized carbons (Fsp3) is 0.360. The van der Waals surface area contributed by atoms with Crippen molar-refractivity contribution in [3.63, 3.8) is 0 Å². The molecule has 2 aliphatic rings. The minimum atomic E-state index is -1.04. The third kappa shape index (κ3) is 9.84. The number of halogens is 1. The van der Waals surface area contributed by atoms with Gasteiger partial charge in [-0.25, -0.2) is 4.98 Å². The summed E-state index contributed by atoms with van der Waals surface area (Å²) < 4.78 is 7.80. The third-order valence-electron chi connectivity index (χ3n) is 12.4. The van der Waals surface area contributed by atoms with Gasteiger partial charge in [-0.05, 0) is 80.5 Å². The van der Waals surface area contributed by atoms with Crippen LogP contribution in [0.2, 0.25) is 5.02 Å². The van der Waals surface area contributed by atoms with E-state index < -0.39 is 59.9 Å². The van der Waals surface area contributed by atoms with Crippen molar-refractivity contribution in [2.24, 2.45) is 10.4 Å². The number of fused-ring (bicyclic) bond motifs is 3. The first kappa shape index (κ1) is 48.2. The second-order valence-electron chi connectivity index (χ2n) is 18.4. The van der Waals surface area contributed by atoms with Crippen LogP contribution in [0.1, 0.15) is 97.1 Å². The van der Waals surface area contributed by atoms with Crippen molar-refractivity contribution in [1.29, 1.82) is 0 Å². The van der Waals surface area contributed by atoms with Crippen molar-refractivity contribution in [3.8, 4) is 32.3 Å². The van der Waals surface area contributed by atoms with Gasteiger partial charge in [-0.2, -0.15) is 0 Å². The summed E-state index contributed by atoms with van der Waals surface area (Å²) >= 11 is 9.99. The number of nitrogens with one attached hydrogen (secondary N) is 2. The van der Waals surface area contributed by atoms with Crippen molar-refractivity contribution in [1.82, 2.24) is 35.3 Å². The Bertz CT molecular complexity index is 2940. The zero-order chi connectivity index (χ0) is 48.8. The molecule has 3 amide bonds. The molecule has 2 aliphatic heterocycles. The minimum Gasteiger partial charge on any atom is -0.484 e. The molecule has 15 nitrogen and oxygen atoms in total. The molecule has 18 heteroatoms. The van der Waals surface area contributed by atoms with Crippen molar-refractivity contribution in [3.05, 3.63) is 122 Å². The highest BCUT2D eigenvalue weighted by Crippen LogP contribution is 2.40.